The first-order chi connectivity index (χ1) is 7.83. The lowest BCUT2D eigenvalue weighted by molar-refractivity contribution is 0.338. The molecule has 0 aromatic carbocycles. The Hall–Kier alpha value is -1.09. The van der Waals surface area contributed by atoms with Crippen molar-refractivity contribution in [1.82, 2.24) is 10.3 Å². The van der Waals surface area contributed by atoms with Gasteiger partial charge in [-0.1, -0.05) is 0 Å². The molecule has 1 aliphatic rings. The maximum Gasteiger partial charge on any atom is 0.137 e. The lowest BCUT2D eigenvalue weighted by Gasteiger charge is -2.12. The van der Waals surface area contributed by atoms with Crippen LogP contribution in [0.3, 0.4) is 0 Å². The van der Waals surface area contributed by atoms with Crippen LogP contribution in [-0.2, 0) is 0 Å². The molecule has 2 unspecified atom stereocenters. The molecule has 0 aliphatic heterocycles. The minimum atomic E-state index is 0.644. The molecule has 1 N–H and O–H groups in total. The van der Waals surface area contributed by atoms with Crippen molar-refractivity contribution in [3.8, 4) is 5.75 Å². The molecule has 1 fully saturated rings. The van der Waals surface area contributed by atoms with Gasteiger partial charge in [-0.3, -0.25) is 4.98 Å². The highest BCUT2D eigenvalue weighted by Gasteiger charge is 2.24. The minimum Gasteiger partial charge on any atom is -0.492 e. The fourth-order valence-electron chi connectivity index (χ4n) is 2.45. The summed E-state index contributed by atoms with van der Waals surface area (Å²) in [5.74, 6) is 1.54. The van der Waals surface area contributed by atoms with E-state index in [1.165, 1.54) is 24.8 Å². The van der Waals surface area contributed by atoms with E-state index in [2.05, 4.69) is 16.4 Å². The number of hydrogen-bond donors (Lipinski definition) is 1. The number of hydrogen-bond acceptors (Lipinski definition) is 3. The molecular formula is C13H20N2O. The van der Waals surface area contributed by atoms with Gasteiger partial charge in [0, 0.05) is 12.2 Å². The summed E-state index contributed by atoms with van der Waals surface area (Å²) in [6.45, 7) is 2.70. The van der Waals surface area contributed by atoms with E-state index in [1.807, 2.05) is 20.2 Å². The second-order valence-electron chi connectivity index (χ2n) is 4.38. The van der Waals surface area contributed by atoms with E-state index in [4.69, 9.17) is 4.74 Å². The second kappa shape index (κ2) is 5.30. The highest BCUT2D eigenvalue weighted by Crippen LogP contribution is 2.34. The van der Waals surface area contributed by atoms with Crippen molar-refractivity contribution in [3.05, 3.63) is 24.0 Å². The monoisotopic (exact) mass is 220 g/mol. The second-order valence-corrected chi connectivity index (χ2v) is 4.38. The predicted octanol–water partition coefficient (Wildman–Crippen LogP) is 2.34. The molecule has 1 aromatic heterocycles. The van der Waals surface area contributed by atoms with E-state index in [-0.39, 0.29) is 0 Å². The van der Waals surface area contributed by atoms with E-state index in [0.717, 1.165) is 5.75 Å². The fourth-order valence-corrected chi connectivity index (χ4v) is 2.45. The average Bonchev–Trinajstić information content (AvgIpc) is 2.78. The number of nitrogens with one attached hydrogen (secondary N) is 1. The lowest BCUT2D eigenvalue weighted by Crippen LogP contribution is -2.21. The standard InChI is InChI=1S/C13H20N2O/c1-3-16-13-7-11(8-15-9-13)10-4-5-12(6-10)14-2/h7-10,12,14H,3-6H2,1-2H3. The molecule has 3 heteroatoms. The Bertz CT molecular complexity index is 340. The third-order valence-electron chi connectivity index (χ3n) is 3.36. The summed E-state index contributed by atoms with van der Waals surface area (Å²) in [6, 6.07) is 2.81. The van der Waals surface area contributed by atoms with Crippen LogP contribution in [0.15, 0.2) is 18.5 Å². The maximum absolute atomic E-state index is 5.48. The van der Waals surface area contributed by atoms with Crippen LogP contribution in [0, 0.1) is 0 Å². The number of ether oxygens (including phenoxy) is 1. The molecule has 0 bridgehead atoms. The van der Waals surface area contributed by atoms with Gasteiger partial charge >= 0.3 is 0 Å². The number of pyridine rings is 1. The van der Waals surface area contributed by atoms with Crippen LogP contribution in [0.25, 0.3) is 0 Å². The Kier molecular flexibility index (Phi) is 3.78. The first-order valence-electron chi connectivity index (χ1n) is 6.08. The van der Waals surface area contributed by atoms with Gasteiger partial charge in [0.1, 0.15) is 5.75 Å². The van der Waals surface area contributed by atoms with Crippen LogP contribution in [-0.4, -0.2) is 24.7 Å². The van der Waals surface area contributed by atoms with Crippen molar-refractivity contribution < 1.29 is 4.74 Å². The molecule has 16 heavy (non-hydrogen) atoms. The van der Waals surface area contributed by atoms with E-state index in [9.17, 15) is 0 Å². The van der Waals surface area contributed by atoms with Crippen molar-refractivity contribution in [2.24, 2.45) is 0 Å². The van der Waals surface area contributed by atoms with Crippen molar-refractivity contribution in [3.63, 3.8) is 0 Å². The van der Waals surface area contributed by atoms with Crippen LogP contribution < -0.4 is 10.1 Å². The highest BCUT2D eigenvalue weighted by molar-refractivity contribution is 5.27. The smallest absolute Gasteiger partial charge is 0.137 e. The zero-order valence-corrected chi connectivity index (χ0v) is 10.1. The fraction of sp³-hybridized carbons (Fsp3) is 0.615. The van der Waals surface area contributed by atoms with Gasteiger partial charge in [-0.25, -0.2) is 0 Å². The van der Waals surface area contributed by atoms with E-state index < -0.39 is 0 Å². The third-order valence-corrected chi connectivity index (χ3v) is 3.36. The Labute approximate surface area is 97.2 Å². The van der Waals surface area contributed by atoms with Crippen molar-refractivity contribution in [2.45, 2.75) is 38.1 Å². The minimum absolute atomic E-state index is 0.644. The maximum atomic E-state index is 5.48. The first-order valence-corrected chi connectivity index (χ1v) is 6.08. The van der Waals surface area contributed by atoms with E-state index in [1.54, 1.807) is 6.20 Å². The van der Waals surface area contributed by atoms with E-state index in [0.29, 0.717) is 18.6 Å². The molecule has 0 amide bonds. The molecule has 2 atom stereocenters. The molecule has 1 aromatic rings. The van der Waals surface area contributed by atoms with Gasteiger partial charge in [0.05, 0.1) is 12.8 Å². The quantitative estimate of drug-likeness (QED) is 0.845. The molecule has 3 nitrogen and oxygen atoms in total. The zero-order valence-electron chi connectivity index (χ0n) is 10.1. The third kappa shape index (κ3) is 2.53. The molecule has 1 saturated carbocycles. The number of rotatable bonds is 4. The van der Waals surface area contributed by atoms with Crippen molar-refractivity contribution in [2.75, 3.05) is 13.7 Å². The average molecular weight is 220 g/mol. The SMILES string of the molecule is CCOc1cncc(C2CCC(NC)C2)c1. The van der Waals surface area contributed by atoms with Gasteiger partial charge in [0.15, 0.2) is 0 Å². The van der Waals surface area contributed by atoms with Gasteiger partial charge in [-0.05, 0) is 50.8 Å². The summed E-state index contributed by atoms with van der Waals surface area (Å²) >= 11 is 0. The van der Waals surface area contributed by atoms with Crippen LogP contribution in [0.1, 0.15) is 37.7 Å². The van der Waals surface area contributed by atoms with Gasteiger partial charge in [-0.15, -0.1) is 0 Å². The molecule has 0 saturated heterocycles. The van der Waals surface area contributed by atoms with Gasteiger partial charge < -0.3 is 10.1 Å². The van der Waals surface area contributed by atoms with Crippen molar-refractivity contribution >= 4 is 0 Å². The summed E-state index contributed by atoms with van der Waals surface area (Å²) in [7, 11) is 2.04. The van der Waals surface area contributed by atoms with Crippen LogP contribution in [0.4, 0.5) is 0 Å². The molecule has 0 radical (unpaired) electrons. The van der Waals surface area contributed by atoms with Gasteiger partial charge in [0.25, 0.3) is 0 Å². The molecule has 1 heterocycles. The van der Waals surface area contributed by atoms with Crippen molar-refractivity contribution in [1.29, 1.82) is 0 Å². The highest BCUT2D eigenvalue weighted by atomic mass is 16.5. The largest absolute Gasteiger partial charge is 0.492 e. The van der Waals surface area contributed by atoms with Gasteiger partial charge in [0.2, 0.25) is 0 Å². The Morgan fingerprint density at radius 2 is 2.31 bits per heavy atom. The van der Waals surface area contributed by atoms with Crippen LogP contribution in [0.2, 0.25) is 0 Å². The summed E-state index contributed by atoms with van der Waals surface area (Å²) in [4.78, 5) is 4.25. The summed E-state index contributed by atoms with van der Waals surface area (Å²) in [6.07, 6.45) is 7.50. The van der Waals surface area contributed by atoms with E-state index >= 15 is 0 Å². The van der Waals surface area contributed by atoms with Crippen LogP contribution >= 0.6 is 0 Å². The number of nitrogens with zero attached hydrogens (tertiary/aromatic N) is 1. The number of aromatic nitrogens is 1. The zero-order chi connectivity index (χ0) is 11.4. The Morgan fingerprint density at radius 1 is 1.44 bits per heavy atom. The summed E-state index contributed by atoms with van der Waals surface area (Å²) in [5.41, 5.74) is 1.32. The lowest BCUT2D eigenvalue weighted by atomic mass is 9.99. The summed E-state index contributed by atoms with van der Waals surface area (Å²) in [5, 5.41) is 3.35. The summed E-state index contributed by atoms with van der Waals surface area (Å²) < 4.78 is 5.48. The van der Waals surface area contributed by atoms with Crippen LogP contribution in [0.5, 0.6) is 5.75 Å². The molecule has 2 rings (SSSR count). The molecule has 88 valence electrons. The molecule has 1 aliphatic carbocycles. The Morgan fingerprint density at radius 3 is 3.00 bits per heavy atom. The molecule has 0 spiro atoms. The normalized spacial score (nSPS) is 24.6. The van der Waals surface area contributed by atoms with Gasteiger partial charge in [-0.2, -0.15) is 0 Å². The predicted molar refractivity (Wildman–Crippen MR) is 64.8 cm³/mol. The molecular weight excluding hydrogens is 200 g/mol. The topological polar surface area (TPSA) is 34.1 Å². The Balaban J connectivity index is 2.06. The first kappa shape index (κ1) is 11.4.